The molecule has 120 valence electrons. The van der Waals surface area contributed by atoms with Crippen molar-refractivity contribution in [2.24, 2.45) is 47.3 Å². The molecule has 1 N–H and O–H groups in total. The van der Waals surface area contributed by atoms with Crippen LogP contribution in [0.15, 0.2) is 24.3 Å². The Morgan fingerprint density at radius 2 is 1.14 bits per heavy atom. The van der Waals surface area contributed by atoms with E-state index in [-0.39, 0.29) is 0 Å². The van der Waals surface area contributed by atoms with Gasteiger partial charge in [0, 0.05) is 6.08 Å². The fourth-order valence-electron chi connectivity index (χ4n) is 7.14. The van der Waals surface area contributed by atoms with Crippen LogP contribution in [-0.2, 0) is 4.79 Å². The van der Waals surface area contributed by atoms with E-state index < -0.39 is 5.97 Å². The zero-order chi connectivity index (χ0) is 15.3. The summed E-state index contributed by atoms with van der Waals surface area (Å²) in [6.07, 6.45) is 15.9. The average Bonchev–Trinajstić information content (AvgIpc) is 2.52. The van der Waals surface area contributed by atoms with Gasteiger partial charge in [0.15, 0.2) is 0 Å². The van der Waals surface area contributed by atoms with Gasteiger partial charge in [0.05, 0.1) is 0 Å². The van der Waals surface area contributed by atoms with Gasteiger partial charge in [-0.2, -0.15) is 0 Å². The second-order valence-corrected chi connectivity index (χ2v) is 8.35. The molecule has 0 radical (unpaired) electrons. The van der Waals surface area contributed by atoms with Crippen molar-refractivity contribution in [2.45, 2.75) is 45.4 Å². The molecule has 0 atom stereocenters. The largest absolute Gasteiger partial charge is 0.478 e. The first-order valence-electron chi connectivity index (χ1n) is 9.19. The second-order valence-electron chi connectivity index (χ2n) is 8.35. The molecule has 8 bridgehead atoms. The van der Waals surface area contributed by atoms with Gasteiger partial charge in [-0.25, -0.2) is 4.79 Å². The van der Waals surface area contributed by atoms with E-state index in [0.29, 0.717) is 0 Å². The third kappa shape index (κ3) is 2.26. The Labute approximate surface area is 133 Å². The van der Waals surface area contributed by atoms with Crippen LogP contribution >= 0.6 is 0 Å². The minimum Gasteiger partial charge on any atom is -0.478 e. The van der Waals surface area contributed by atoms with Gasteiger partial charge in [-0.3, -0.25) is 0 Å². The Kier molecular flexibility index (Phi) is 3.66. The monoisotopic (exact) mass is 300 g/mol. The maximum absolute atomic E-state index is 9.75. The summed E-state index contributed by atoms with van der Waals surface area (Å²) in [4.78, 5) is 9.75. The van der Waals surface area contributed by atoms with Crippen LogP contribution in [0.4, 0.5) is 0 Å². The predicted molar refractivity (Wildman–Crippen MR) is 87.2 cm³/mol. The van der Waals surface area contributed by atoms with Gasteiger partial charge >= 0.3 is 5.97 Å². The van der Waals surface area contributed by atoms with Crippen LogP contribution in [0.3, 0.4) is 0 Å². The minimum absolute atomic E-state index is 0.914. The van der Waals surface area contributed by atoms with Crippen molar-refractivity contribution < 1.29 is 9.90 Å². The molecule has 0 heterocycles. The summed E-state index contributed by atoms with van der Waals surface area (Å²) < 4.78 is 0. The molecule has 7 aliphatic rings. The zero-order valence-electron chi connectivity index (χ0n) is 13.5. The van der Waals surface area contributed by atoms with Crippen molar-refractivity contribution in [1.29, 1.82) is 0 Å². The van der Waals surface area contributed by atoms with Gasteiger partial charge < -0.3 is 5.11 Å². The number of allylic oxidation sites excluding steroid dienone is 3. The van der Waals surface area contributed by atoms with Crippen molar-refractivity contribution in [3.8, 4) is 0 Å². The van der Waals surface area contributed by atoms with Crippen LogP contribution < -0.4 is 0 Å². The maximum atomic E-state index is 9.75. The molecule has 0 aromatic carbocycles. The highest BCUT2D eigenvalue weighted by Crippen LogP contribution is 2.71. The van der Waals surface area contributed by atoms with E-state index in [9.17, 15) is 4.79 Å². The molecule has 0 saturated heterocycles. The van der Waals surface area contributed by atoms with Crippen molar-refractivity contribution in [1.82, 2.24) is 0 Å². The van der Waals surface area contributed by atoms with Crippen molar-refractivity contribution in [3.63, 3.8) is 0 Å². The molecule has 7 aliphatic carbocycles. The Bertz CT molecular complexity index is 416. The molecule has 0 aliphatic heterocycles. The zero-order valence-corrected chi connectivity index (χ0v) is 13.5. The fraction of sp³-hybridized carbons (Fsp3) is 0.750. The van der Waals surface area contributed by atoms with Crippen LogP contribution in [0.5, 0.6) is 0 Å². The van der Waals surface area contributed by atoms with E-state index in [1.807, 2.05) is 6.92 Å². The maximum Gasteiger partial charge on any atom is 0.328 e. The number of carboxylic acids is 1. The number of aliphatic carboxylic acids is 1. The number of rotatable bonds is 2. The van der Waals surface area contributed by atoms with Crippen molar-refractivity contribution in [2.75, 3.05) is 0 Å². The molecule has 0 aromatic rings. The van der Waals surface area contributed by atoms with E-state index in [1.54, 1.807) is 50.7 Å². The molecule has 7 fully saturated rings. The van der Waals surface area contributed by atoms with E-state index in [4.69, 9.17) is 5.11 Å². The molecule has 0 spiro atoms. The smallest absolute Gasteiger partial charge is 0.328 e. The van der Waals surface area contributed by atoms with Gasteiger partial charge in [0.25, 0.3) is 0 Å². The van der Waals surface area contributed by atoms with Gasteiger partial charge in [0.2, 0.25) is 0 Å². The molecule has 0 unspecified atom stereocenters. The lowest BCUT2D eigenvalue weighted by Crippen LogP contribution is -2.62. The highest BCUT2D eigenvalue weighted by molar-refractivity contribution is 5.80. The SMILES string of the molecule is C/C=C/C=C/C(=O)O.C1C2CC3C4CC5CC(C14)C(C2)C3C5. The number of carbonyl (C=O) groups is 1. The quantitative estimate of drug-likeness (QED) is 0.601. The van der Waals surface area contributed by atoms with Gasteiger partial charge in [-0.15, -0.1) is 0 Å². The van der Waals surface area contributed by atoms with Gasteiger partial charge in [-0.05, 0) is 92.8 Å². The molecule has 0 amide bonds. The summed E-state index contributed by atoms with van der Waals surface area (Å²) in [5.74, 6) is 8.83. The molecule has 7 saturated carbocycles. The van der Waals surface area contributed by atoms with Gasteiger partial charge in [-0.1, -0.05) is 18.2 Å². The summed E-state index contributed by atoms with van der Waals surface area (Å²) in [5, 5.41) is 8.02. The predicted octanol–water partition coefficient (Wildman–Crippen LogP) is 4.53. The molecular formula is C20H28O2. The van der Waals surface area contributed by atoms with Crippen molar-refractivity contribution in [3.05, 3.63) is 24.3 Å². The Morgan fingerprint density at radius 3 is 1.41 bits per heavy atom. The highest BCUT2D eigenvalue weighted by atomic mass is 16.4. The Balaban J connectivity index is 0.000000137. The Hall–Kier alpha value is -1.05. The molecular weight excluding hydrogens is 272 g/mol. The summed E-state index contributed by atoms with van der Waals surface area (Å²) in [7, 11) is 0. The summed E-state index contributed by atoms with van der Waals surface area (Å²) in [6.45, 7) is 1.83. The van der Waals surface area contributed by atoms with Crippen LogP contribution in [0.1, 0.15) is 45.4 Å². The molecule has 22 heavy (non-hydrogen) atoms. The third-order valence-corrected chi connectivity index (χ3v) is 7.48. The first-order valence-corrected chi connectivity index (χ1v) is 9.19. The average molecular weight is 300 g/mol. The highest BCUT2D eigenvalue weighted by Gasteiger charge is 2.63. The molecule has 2 heteroatoms. The molecule has 7 rings (SSSR count). The van der Waals surface area contributed by atoms with Crippen LogP contribution in [-0.4, -0.2) is 11.1 Å². The number of hydrogen-bond acceptors (Lipinski definition) is 1. The summed E-state index contributed by atoms with van der Waals surface area (Å²) in [6, 6.07) is 0. The standard InChI is InChI=1S/C14H20.C6H8O2/c1-7-2-12-10-4-8-5-11(9(1)10)13(3-7)14(12)6-8;1-2-3-4-5-6(7)8/h7-14H,1-6H2;2-5H,1H3,(H,7,8)/b;3-2+,5-4+. The lowest BCUT2D eigenvalue weighted by molar-refractivity contribution is -0.202. The number of carboxylic acid groups (broad SMARTS) is 1. The molecule has 0 aromatic heterocycles. The van der Waals surface area contributed by atoms with E-state index in [2.05, 4.69) is 0 Å². The second kappa shape index (κ2) is 5.54. The van der Waals surface area contributed by atoms with E-state index in [1.165, 1.54) is 53.4 Å². The summed E-state index contributed by atoms with van der Waals surface area (Å²) in [5.41, 5.74) is 0. The summed E-state index contributed by atoms with van der Waals surface area (Å²) >= 11 is 0. The minimum atomic E-state index is -0.914. The van der Waals surface area contributed by atoms with Crippen LogP contribution in [0.25, 0.3) is 0 Å². The fourth-order valence-corrected chi connectivity index (χ4v) is 7.14. The van der Waals surface area contributed by atoms with Crippen LogP contribution in [0.2, 0.25) is 0 Å². The first-order chi connectivity index (χ1) is 10.7. The lowest BCUT2D eigenvalue weighted by Gasteiger charge is -2.69. The Morgan fingerprint density at radius 1 is 0.773 bits per heavy atom. The normalized spacial score (nSPS) is 49.9. The van der Waals surface area contributed by atoms with E-state index >= 15 is 0 Å². The van der Waals surface area contributed by atoms with Crippen LogP contribution in [0, 0.1) is 47.3 Å². The third-order valence-electron chi connectivity index (χ3n) is 7.48. The van der Waals surface area contributed by atoms with E-state index in [0.717, 1.165) is 6.08 Å². The molecule has 2 nitrogen and oxygen atoms in total. The first kappa shape index (κ1) is 14.5. The van der Waals surface area contributed by atoms with Crippen molar-refractivity contribution >= 4 is 5.97 Å². The topological polar surface area (TPSA) is 37.3 Å². The number of hydrogen-bond donors (Lipinski definition) is 1. The van der Waals surface area contributed by atoms with Gasteiger partial charge in [0.1, 0.15) is 0 Å². The lowest BCUT2D eigenvalue weighted by atomic mass is 9.36.